The van der Waals surface area contributed by atoms with Crippen LogP contribution in [0.3, 0.4) is 0 Å². The first-order valence-electron chi connectivity index (χ1n) is 9.50. The number of amides is 4. The summed E-state index contributed by atoms with van der Waals surface area (Å²) < 4.78 is 0. The van der Waals surface area contributed by atoms with Crippen LogP contribution in [0.25, 0.3) is 0 Å². The fraction of sp³-hybridized carbons (Fsp3) is 0.722. The molecule has 0 aromatic carbocycles. The maximum absolute atomic E-state index is 12.6. The van der Waals surface area contributed by atoms with E-state index in [2.05, 4.69) is 16.0 Å². The predicted molar refractivity (Wildman–Crippen MR) is 105 cm³/mol. The number of rotatable bonds is 13. The molecular formula is C18H33N5O6. The Morgan fingerprint density at radius 1 is 0.897 bits per heavy atom. The number of hydrogen-bond donors (Lipinski definition) is 6. The maximum Gasteiger partial charge on any atom is 0.326 e. The van der Waals surface area contributed by atoms with Crippen LogP contribution in [0.15, 0.2) is 0 Å². The predicted octanol–water partition coefficient (Wildman–Crippen LogP) is -1.55. The van der Waals surface area contributed by atoms with E-state index in [1.54, 1.807) is 13.8 Å². The first kappa shape index (κ1) is 26.3. The zero-order chi connectivity index (χ0) is 22.7. The Labute approximate surface area is 170 Å². The van der Waals surface area contributed by atoms with Crippen molar-refractivity contribution >= 4 is 29.6 Å². The molecule has 0 saturated heterocycles. The molecule has 0 fully saturated rings. The third-order valence-corrected chi connectivity index (χ3v) is 4.09. The van der Waals surface area contributed by atoms with E-state index in [0.717, 1.165) is 0 Å². The summed E-state index contributed by atoms with van der Waals surface area (Å²) >= 11 is 0. The van der Waals surface area contributed by atoms with E-state index in [0.29, 0.717) is 0 Å². The molecule has 0 aliphatic rings. The van der Waals surface area contributed by atoms with Gasteiger partial charge in [-0.1, -0.05) is 27.7 Å². The molecule has 0 rings (SSSR count). The Kier molecular flexibility index (Phi) is 11.5. The molecule has 0 aromatic rings. The summed E-state index contributed by atoms with van der Waals surface area (Å²) in [6, 6.07) is -3.30. The summed E-state index contributed by atoms with van der Waals surface area (Å²) in [6.07, 6.45) is -0.114. The van der Waals surface area contributed by atoms with E-state index in [-0.39, 0.29) is 37.6 Å². The molecule has 166 valence electrons. The van der Waals surface area contributed by atoms with Crippen LogP contribution in [0.4, 0.5) is 0 Å². The van der Waals surface area contributed by atoms with Crippen LogP contribution in [-0.2, 0) is 24.0 Å². The zero-order valence-electron chi connectivity index (χ0n) is 17.4. The van der Waals surface area contributed by atoms with E-state index >= 15 is 0 Å². The van der Waals surface area contributed by atoms with Crippen molar-refractivity contribution in [2.75, 3.05) is 6.54 Å². The average Bonchev–Trinajstić information content (AvgIpc) is 2.60. The number of carbonyl (C=O) groups is 5. The Hall–Kier alpha value is -2.69. The van der Waals surface area contributed by atoms with Crippen LogP contribution in [0.1, 0.15) is 47.0 Å². The van der Waals surface area contributed by atoms with Gasteiger partial charge in [-0.05, 0) is 24.7 Å². The van der Waals surface area contributed by atoms with Gasteiger partial charge < -0.3 is 32.5 Å². The molecule has 0 radical (unpaired) electrons. The van der Waals surface area contributed by atoms with Crippen LogP contribution < -0.4 is 27.4 Å². The van der Waals surface area contributed by atoms with Gasteiger partial charge >= 0.3 is 5.97 Å². The molecule has 0 heterocycles. The van der Waals surface area contributed by atoms with Gasteiger partial charge in [-0.25, -0.2) is 4.79 Å². The molecule has 0 saturated carbocycles. The van der Waals surface area contributed by atoms with Crippen molar-refractivity contribution in [3.63, 3.8) is 0 Å². The van der Waals surface area contributed by atoms with Gasteiger partial charge in [0, 0.05) is 6.42 Å². The molecule has 0 aromatic heterocycles. The van der Waals surface area contributed by atoms with Gasteiger partial charge in [-0.3, -0.25) is 19.2 Å². The minimum absolute atomic E-state index is 0.00635. The summed E-state index contributed by atoms with van der Waals surface area (Å²) in [5.74, 6) is -4.12. The molecule has 4 amide bonds. The van der Waals surface area contributed by atoms with E-state index < -0.39 is 47.7 Å². The molecule has 3 unspecified atom stereocenters. The SMILES string of the molecule is CC(C)CC(NC(=O)C(CCC(N)=O)NC(=O)C(NC(=O)CN)C(C)C)C(=O)O. The van der Waals surface area contributed by atoms with Crippen molar-refractivity contribution in [1.82, 2.24) is 16.0 Å². The smallest absolute Gasteiger partial charge is 0.326 e. The molecule has 0 aliphatic carbocycles. The molecule has 11 heteroatoms. The second-order valence-electron chi connectivity index (χ2n) is 7.59. The van der Waals surface area contributed by atoms with E-state index in [1.807, 2.05) is 13.8 Å². The van der Waals surface area contributed by atoms with E-state index in [4.69, 9.17) is 11.5 Å². The topological polar surface area (TPSA) is 194 Å². The highest BCUT2D eigenvalue weighted by Crippen LogP contribution is 2.08. The minimum atomic E-state index is -1.21. The number of aliphatic carboxylic acids is 1. The van der Waals surface area contributed by atoms with Crippen LogP contribution in [0, 0.1) is 11.8 Å². The second kappa shape index (κ2) is 12.7. The summed E-state index contributed by atoms with van der Waals surface area (Å²) in [4.78, 5) is 59.3. The minimum Gasteiger partial charge on any atom is -0.480 e. The molecule has 11 nitrogen and oxygen atoms in total. The molecule has 29 heavy (non-hydrogen) atoms. The van der Waals surface area contributed by atoms with Crippen molar-refractivity contribution in [3.05, 3.63) is 0 Å². The van der Waals surface area contributed by atoms with Crippen molar-refractivity contribution in [1.29, 1.82) is 0 Å². The zero-order valence-corrected chi connectivity index (χ0v) is 17.4. The Morgan fingerprint density at radius 2 is 1.45 bits per heavy atom. The van der Waals surface area contributed by atoms with Crippen molar-refractivity contribution in [2.45, 2.75) is 65.1 Å². The highest BCUT2D eigenvalue weighted by Gasteiger charge is 2.31. The lowest BCUT2D eigenvalue weighted by atomic mass is 10.0. The first-order chi connectivity index (χ1) is 13.4. The molecule has 0 aliphatic heterocycles. The lowest BCUT2D eigenvalue weighted by molar-refractivity contribution is -0.143. The Morgan fingerprint density at radius 3 is 1.86 bits per heavy atom. The molecule has 8 N–H and O–H groups in total. The molecule has 3 atom stereocenters. The quantitative estimate of drug-likeness (QED) is 0.209. The normalized spacial score (nSPS) is 14.0. The van der Waals surface area contributed by atoms with Gasteiger partial charge in [0.05, 0.1) is 6.54 Å². The summed E-state index contributed by atoms with van der Waals surface area (Å²) in [7, 11) is 0. The van der Waals surface area contributed by atoms with Crippen molar-refractivity contribution in [3.8, 4) is 0 Å². The van der Waals surface area contributed by atoms with Gasteiger partial charge in [0.15, 0.2) is 0 Å². The number of carboxylic acid groups (broad SMARTS) is 1. The molecular weight excluding hydrogens is 382 g/mol. The average molecular weight is 415 g/mol. The van der Waals surface area contributed by atoms with E-state index in [9.17, 15) is 29.1 Å². The molecule has 0 bridgehead atoms. The number of nitrogens with one attached hydrogen (secondary N) is 3. The van der Waals surface area contributed by atoms with Crippen molar-refractivity contribution < 1.29 is 29.1 Å². The first-order valence-corrected chi connectivity index (χ1v) is 9.50. The fourth-order valence-electron chi connectivity index (χ4n) is 2.55. The van der Waals surface area contributed by atoms with Gasteiger partial charge in [-0.15, -0.1) is 0 Å². The number of carboxylic acids is 1. The van der Waals surface area contributed by atoms with Crippen LogP contribution >= 0.6 is 0 Å². The highest BCUT2D eigenvalue weighted by molar-refractivity contribution is 5.94. The Bertz CT molecular complexity index is 608. The van der Waals surface area contributed by atoms with Crippen molar-refractivity contribution in [2.24, 2.45) is 23.3 Å². The summed E-state index contributed by atoms with van der Waals surface area (Å²) in [5, 5.41) is 16.6. The van der Waals surface area contributed by atoms with Gasteiger partial charge in [-0.2, -0.15) is 0 Å². The standard InChI is InChI=1S/C18H33N5O6/c1-9(2)7-12(18(28)29)22-16(26)11(5-6-13(20)24)21-17(27)15(10(3)4)23-14(25)8-19/h9-12,15H,5-8,19H2,1-4H3,(H2,20,24)(H,21,27)(H,22,26)(H,23,25)(H,28,29). The van der Waals surface area contributed by atoms with Crippen LogP contribution in [-0.4, -0.2) is 59.4 Å². The summed E-state index contributed by atoms with van der Waals surface area (Å²) in [6.45, 7) is 6.70. The largest absolute Gasteiger partial charge is 0.480 e. The lowest BCUT2D eigenvalue weighted by Crippen LogP contribution is -2.57. The third kappa shape index (κ3) is 10.4. The second-order valence-corrected chi connectivity index (χ2v) is 7.59. The Balaban J connectivity index is 5.39. The lowest BCUT2D eigenvalue weighted by Gasteiger charge is -2.26. The van der Waals surface area contributed by atoms with E-state index in [1.165, 1.54) is 0 Å². The highest BCUT2D eigenvalue weighted by atomic mass is 16.4. The number of primary amides is 1. The maximum atomic E-state index is 12.6. The molecule has 0 spiro atoms. The van der Waals surface area contributed by atoms with Gasteiger partial charge in [0.2, 0.25) is 23.6 Å². The monoisotopic (exact) mass is 415 g/mol. The van der Waals surface area contributed by atoms with Crippen LogP contribution in [0.5, 0.6) is 0 Å². The number of nitrogens with two attached hydrogens (primary N) is 2. The van der Waals surface area contributed by atoms with Gasteiger partial charge in [0.25, 0.3) is 0 Å². The fourth-order valence-corrected chi connectivity index (χ4v) is 2.55. The number of carbonyl (C=O) groups excluding carboxylic acids is 4. The number of hydrogen-bond acceptors (Lipinski definition) is 6. The third-order valence-electron chi connectivity index (χ3n) is 4.09. The van der Waals surface area contributed by atoms with Gasteiger partial charge in [0.1, 0.15) is 18.1 Å². The summed E-state index contributed by atoms with van der Waals surface area (Å²) in [5.41, 5.74) is 10.4. The van der Waals surface area contributed by atoms with Crippen LogP contribution in [0.2, 0.25) is 0 Å².